The van der Waals surface area contributed by atoms with Crippen LogP contribution in [0, 0.1) is 0 Å². The molecule has 1 amide bonds. The van der Waals surface area contributed by atoms with Crippen molar-refractivity contribution in [3.63, 3.8) is 0 Å². The number of likely N-dealkylation sites (tertiary alicyclic amines) is 1. The highest BCUT2D eigenvalue weighted by Gasteiger charge is 2.11. The Kier molecular flexibility index (Phi) is 7.73. The Balaban J connectivity index is 1.49. The molecule has 3 rings (SSSR count). The van der Waals surface area contributed by atoms with Gasteiger partial charge in [0.1, 0.15) is 18.1 Å². The summed E-state index contributed by atoms with van der Waals surface area (Å²) in [6.45, 7) is 4.62. The van der Waals surface area contributed by atoms with Gasteiger partial charge in [0.15, 0.2) is 0 Å². The van der Waals surface area contributed by atoms with E-state index in [1.807, 2.05) is 18.2 Å². The van der Waals surface area contributed by atoms with Crippen LogP contribution in [0.2, 0.25) is 0 Å². The Bertz CT molecular complexity index is 740. The number of carbonyl (C=O) groups is 1. The minimum atomic E-state index is -0.291. The molecule has 5 nitrogen and oxygen atoms in total. The highest BCUT2D eigenvalue weighted by atomic mass is 16.5. The zero-order chi connectivity index (χ0) is 19.6. The lowest BCUT2D eigenvalue weighted by Gasteiger charge is -2.16. The molecule has 1 fully saturated rings. The molecular weight excluding hydrogens is 352 g/mol. The minimum absolute atomic E-state index is 0.291. The fourth-order valence-electron chi connectivity index (χ4n) is 3.44. The lowest BCUT2D eigenvalue weighted by Crippen LogP contribution is -2.25. The summed E-state index contributed by atoms with van der Waals surface area (Å²) in [6, 6.07) is 16.3. The average molecular weight is 383 g/mol. The maximum absolute atomic E-state index is 10.7. The van der Waals surface area contributed by atoms with Gasteiger partial charge in [0.25, 0.3) is 0 Å². The smallest absolute Gasteiger partial charge is 0.217 e. The lowest BCUT2D eigenvalue weighted by atomic mass is 10.0. The van der Waals surface area contributed by atoms with Crippen molar-refractivity contribution in [2.75, 3.05) is 32.8 Å². The van der Waals surface area contributed by atoms with E-state index in [4.69, 9.17) is 15.2 Å². The predicted octanol–water partition coefficient (Wildman–Crippen LogP) is 3.40. The van der Waals surface area contributed by atoms with Crippen molar-refractivity contribution < 1.29 is 14.3 Å². The number of carbonyl (C=O) groups excluding carboxylic acids is 1. The number of para-hydroxylation sites is 1. The summed E-state index contributed by atoms with van der Waals surface area (Å²) in [5.41, 5.74) is 7.53. The van der Waals surface area contributed by atoms with Crippen molar-refractivity contribution in [1.82, 2.24) is 4.90 Å². The molecule has 0 radical (unpaired) electrons. The Hall–Kier alpha value is -2.53. The highest BCUT2D eigenvalue weighted by Crippen LogP contribution is 2.23. The number of hydrogen-bond acceptors (Lipinski definition) is 4. The second-order valence-corrected chi connectivity index (χ2v) is 7.24. The van der Waals surface area contributed by atoms with Crippen LogP contribution in [-0.2, 0) is 11.2 Å². The number of nitrogens with two attached hydrogens (primary N) is 1. The van der Waals surface area contributed by atoms with Crippen molar-refractivity contribution in [2.24, 2.45) is 5.73 Å². The molecule has 0 aliphatic carbocycles. The van der Waals surface area contributed by atoms with E-state index in [2.05, 4.69) is 35.2 Å². The van der Waals surface area contributed by atoms with Crippen LogP contribution in [0.3, 0.4) is 0 Å². The summed E-state index contributed by atoms with van der Waals surface area (Å²) in [5.74, 6) is 1.48. The van der Waals surface area contributed by atoms with E-state index in [-0.39, 0.29) is 5.91 Å². The first kappa shape index (κ1) is 20.2. The van der Waals surface area contributed by atoms with Gasteiger partial charge in [-0.2, -0.15) is 0 Å². The molecule has 1 saturated heterocycles. The quantitative estimate of drug-likeness (QED) is 0.605. The first-order chi connectivity index (χ1) is 13.7. The molecule has 1 aliphatic heterocycles. The molecular formula is C23H30N2O3. The molecule has 5 heteroatoms. The van der Waals surface area contributed by atoms with Crippen LogP contribution in [0.4, 0.5) is 0 Å². The van der Waals surface area contributed by atoms with E-state index in [0.717, 1.165) is 31.1 Å². The van der Waals surface area contributed by atoms with Crippen LogP contribution in [0.25, 0.3) is 0 Å². The molecule has 1 heterocycles. The SMILES string of the molecule is NC(=O)CCCOc1ccc(Cc2ccccc2OCCN2CCCC2)cc1. The third kappa shape index (κ3) is 6.57. The van der Waals surface area contributed by atoms with Gasteiger partial charge < -0.3 is 15.2 Å². The van der Waals surface area contributed by atoms with Gasteiger partial charge in [0, 0.05) is 19.4 Å². The molecule has 0 spiro atoms. The number of rotatable bonds is 11. The number of benzene rings is 2. The van der Waals surface area contributed by atoms with E-state index in [1.165, 1.54) is 37.1 Å². The molecule has 0 aromatic heterocycles. The fourth-order valence-corrected chi connectivity index (χ4v) is 3.44. The molecule has 0 atom stereocenters. The standard InChI is InChI=1S/C23H30N2O3/c24-23(26)8-5-16-27-21-11-9-19(10-12-21)18-20-6-1-2-7-22(20)28-17-15-25-13-3-4-14-25/h1-2,6-7,9-12H,3-5,8,13-18H2,(H2,24,26). The van der Waals surface area contributed by atoms with Crippen molar-refractivity contribution in [3.8, 4) is 11.5 Å². The second kappa shape index (κ2) is 10.7. The van der Waals surface area contributed by atoms with Gasteiger partial charge in [-0.1, -0.05) is 30.3 Å². The molecule has 2 N–H and O–H groups in total. The molecule has 2 aromatic rings. The molecule has 28 heavy (non-hydrogen) atoms. The molecule has 2 aromatic carbocycles. The van der Waals surface area contributed by atoms with Gasteiger partial charge in [-0.15, -0.1) is 0 Å². The summed E-state index contributed by atoms with van der Waals surface area (Å²) in [4.78, 5) is 13.2. The lowest BCUT2D eigenvalue weighted by molar-refractivity contribution is -0.118. The predicted molar refractivity (Wildman–Crippen MR) is 111 cm³/mol. The maximum atomic E-state index is 10.7. The van der Waals surface area contributed by atoms with E-state index in [1.54, 1.807) is 0 Å². The second-order valence-electron chi connectivity index (χ2n) is 7.24. The molecule has 0 bridgehead atoms. The van der Waals surface area contributed by atoms with Gasteiger partial charge in [-0.3, -0.25) is 9.69 Å². The van der Waals surface area contributed by atoms with E-state index in [9.17, 15) is 4.79 Å². The Morgan fingerprint density at radius 1 is 0.964 bits per heavy atom. The first-order valence-corrected chi connectivity index (χ1v) is 10.1. The van der Waals surface area contributed by atoms with Crippen molar-refractivity contribution in [1.29, 1.82) is 0 Å². The first-order valence-electron chi connectivity index (χ1n) is 10.1. The third-order valence-electron chi connectivity index (χ3n) is 4.99. The average Bonchev–Trinajstić information content (AvgIpc) is 3.21. The minimum Gasteiger partial charge on any atom is -0.494 e. The summed E-state index contributed by atoms with van der Waals surface area (Å²) >= 11 is 0. The number of ether oxygens (including phenoxy) is 2. The van der Waals surface area contributed by atoms with Crippen molar-refractivity contribution >= 4 is 5.91 Å². The van der Waals surface area contributed by atoms with Crippen LogP contribution in [-0.4, -0.2) is 43.7 Å². The largest absolute Gasteiger partial charge is 0.494 e. The monoisotopic (exact) mass is 382 g/mol. The summed E-state index contributed by atoms with van der Waals surface area (Å²) in [6.07, 6.45) is 4.43. The van der Waals surface area contributed by atoms with E-state index >= 15 is 0 Å². The molecule has 1 aliphatic rings. The van der Waals surface area contributed by atoms with Crippen LogP contribution in [0.5, 0.6) is 11.5 Å². The topological polar surface area (TPSA) is 64.8 Å². The van der Waals surface area contributed by atoms with E-state index < -0.39 is 0 Å². The Morgan fingerprint density at radius 3 is 2.46 bits per heavy atom. The Morgan fingerprint density at radius 2 is 1.71 bits per heavy atom. The van der Waals surface area contributed by atoms with Gasteiger partial charge >= 0.3 is 0 Å². The zero-order valence-corrected chi connectivity index (χ0v) is 16.4. The van der Waals surface area contributed by atoms with Crippen molar-refractivity contribution in [3.05, 3.63) is 59.7 Å². The van der Waals surface area contributed by atoms with Crippen LogP contribution in [0.15, 0.2) is 48.5 Å². The van der Waals surface area contributed by atoms with Crippen LogP contribution < -0.4 is 15.2 Å². The van der Waals surface area contributed by atoms with Crippen LogP contribution >= 0.6 is 0 Å². The summed E-state index contributed by atoms with van der Waals surface area (Å²) < 4.78 is 11.7. The Labute approximate surface area is 167 Å². The summed E-state index contributed by atoms with van der Waals surface area (Å²) in [5, 5.41) is 0. The van der Waals surface area contributed by atoms with Gasteiger partial charge in [0.05, 0.1) is 6.61 Å². The van der Waals surface area contributed by atoms with Gasteiger partial charge in [-0.05, 0) is 61.7 Å². The molecule has 0 unspecified atom stereocenters. The third-order valence-corrected chi connectivity index (χ3v) is 4.99. The van der Waals surface area contributed by atoms with E-state index in [0.29, 0.717) is 19.4 Å². The van der Waals surface area contributed by atoms with Gasteiger partial charge in [-0.25, -0.2) is 0 Å². The normalized spacial score (nSPS) is 14.1. The highest BCUT2D eigenvalue weighted by molar-refractivity contribution is 5.73. The van der Waals surface area contributed by atoms with Gasteiger partial charge in [0.2, 0.25) is 5.91 Å². The number of amides is 1. The maximum Gasteiger partial charge on any atom is 0.217 e. The number of hydrogen-bond donors (Lipinski definition) is 1. The van der Waals surface area contributed by atoms with Crippen LogP contribution in [0.1, 0.15) is 36.8 Å². The van der Waals surface area contributed by atoms with Crippen molar-refractivity contribution in [2.45, 2.75) is 32.1 Å². The number of primary amides is 1. The zero-order valence-electron chi connectivity index (χ0n) is 16.4. The fraction of sp³-hybridized carbons (Fsp3) is 0.435. The molecule has 0 saturated carbocycles. The number of nitrogens with zero attached hydrogens (tertiary/aromatic N) is 1. The summed E-state index contributed by atoms with van der Waals surface area (Å²) in [7, 11) is 0. The molecule has 150 valence electrons.